The number of oxazole rings is 1. The number of carboxylic acids is 1. The lowest BCUT2D eigenvalue weighted by atomic mass is 9.94. The second-order valence-corrected chi connectivity index (χ2v) is 6.65. The van der Waals surface area contributed by atoms with Gasteiger partial charge in [0, 0.05) is 15.5 Å². The molecular formula is C15H9Cl2NO3S. The minimum absolute atomic E-state index is 0.338. The maximum Gasteiger partial charge on any atom is 0.317 e. The summed E-state index contributed by atoms with van der Waals surface area (Å²) >= 11 is 13.6. The van der Waals surface area contributed by atoms with E-state index in [1.807, 2.05) is 6.07 Å². The molecule has 3 rings (SSSR count). The van der Waals surface area contributed by atoms with Crippen molar-refractivity contribution in [3.63, 3.8) is 0 Å². The lowest BCUT2D eigenvalue weighted by Gasteiger charge is -2.12. The van der Waals surface area contributed by atoms with Crippen LogP contribution in [0.25, 0.3) is 10.4 Å². The largest absolute Gasteiger partial charge is 0.480 e. The van der Waals surface area contributed by atoms with Crippen LogP contribution in [0.3, 0.4) is 0 Å². The molecule has 1 atom stereocenters. The van der Waals surface area contributed by atoms with Crippen molar-refractivity contribution >= 4 is 40.5 Å². The Morgan fingerprint density at radius 3 is 2.68 bits per heavy atom. The van der Waals surface area contributed by atoms with E-state index in [1.54, 1.807) is 24.3 Å². The van der Waals surface area contributed by atoms with Crippen LogP contribution in [0, 0.1) is 0 Å². The Balaban J connectivity index is 2.09. The lowest BCUT2D eigenvalue weighted by Crippen LogP contribution is -2.13. The molecule has 0 aliphatic rings. The molecule has 22 heavy (non-hydrogen) atoms. The summed E-state index contributed by atoms with van der Waals surface area (Å²) in [6.45, 7) is 0. The Bertz CT molecular complexity index is 814. The summed E-state index contributed by atoms with van der Waals surface area (Å²) in [6, 6.07) is 8.73. The molecule has 1 aromatic carbocycles. The van der Waals surface area contributed by atoms with Crippen molar-refractivity contribution < 1.29 is 14.3 Å². The van der Waals surface area contributed by atoms with Gasteiger partial charge in [-0.25, -0.2) is 4.98 Å². The van der Waals surface area contributed by atoms with Gasteiger partial charge in [-0.1, -0.05) is 29.3 Å². The van der Waals surface area contributed by atoms with E-state index in [0.717, 1.165) is 10.4 Å². The highest BCUT2D eigenvalue weighted by Crippen LogP contribution is 2.37. The molecule has 2 heterocycles. The Labute approximate surface area is 139 Å². The number of aromatic nitrogens is 1. The second-order valence-electron chi connectivity index (χ2n) is 4.53. The standard InChI is InChI=1S/C15H9Cl2NO3S/c16-10-2-1-8(5-9(10)12-3-4-13(17)22-12)14(15(19)20)11-6-21-7-18-11/h1-7,14H,(H,19,20). The molecule has 112 valence electrons. The third kappa shape index (κ3) is 2.88. The number of carboxylic acid groups (broad SMARTS) is 1. The van der Waals surface area contributed by atoms with E-state index in [4.69, 9.17) is 27.6 Å². The number of hydrogen-bond donors (Lipinski definition) is 1. The quantitative estimate of drug-likeness (QED) is 0.722. The van der Waals surface area contributed by atoms with Gasteiger partial charge in [-0.2, -0.15) is 0 Å². The fourth-order valence-electron chi connectivity index (χ4n) is 2.17. The number of hydrogen-bond acceptors (Lipinski definition) is 4. The van der Waals surface area contributed by atoms with E-state index < -0.39 is 11.9 Å². The van der Waals surface area contributed by atoms with E-state index in [0.29, 0.717) is 20.6 Å². The highest BCUT2D eigenvalue weighted by molar-refractivity contribution is 7.19. The summed E-state index contributed by atoms with van der Waals surface area (Å²) in [5.74, 6) is -1.92. The van der Waals surface area contributed by atoms with Gasteiger partial charge in [0.25, 0.3) is 0 Å². The van der Waals surface area contributed by atoms with E-state index in [-0.39, 0.29) is 0 Å². The Kier molecular flexibility index (Phi) is 4.20. The number of rotatable bonds is 4. The van der Waals surface area contributed by atoms with Crippen molar-refractivity contribution in [2.75, 3.05) is 0 Å². The molecular weight excluding hydrogens is 345 g/mol. The predicted octanol–water partition coefficient (Wildman–Crippen LogP) is 4.93. The number of nitrogens with zero attached hydrogens (tertiary/aromatic N) is 1. The summed E-state index contributed by atoms with van der Waals surface area (Å²) in [5, 5.41) is 10.0. The van der Waals surface area contributed by atoms with Gasteiger partial charge in [0.1, 0.15) is 12.2 Å². The smallest absolute Gasteiger partial charge is 0.317 e. The first-order valence-electron chi connectivity index (χ1n) is 6.22. The third-order valence-electron chi connectivity index (χ3n) is 3.16. The van der Waals surface area contributed by atoms with E-state index in [9.17, 15) is 9.90 Å². The first-order chi connectivity index (χ1) is 10.6. The van der Waals surface area contributed by atoms with Crippen LogP contribution in [0.1, 0.15) is 17.2 Å². The van der Waals surface area contributed by atoms with Crippen molar-refractivity contribution in [3.8, 4) is 10.4 Å². The van der Waals surface area contributed by atoms with E-state index in [2.05, 4.69) is 4.98 Å². The van der Waals surface area contributed by atoms with Crippen LogP contribution in [-0.2, 0) is 4.79 Å². The molecule has 4 nitrogen and oxygen atoms in total. The number of benzene rings is 1. The lowest BCUT2D eigenvalue weighted by molar-refractivity contribution is -0.137. The number of halogens is 2. The summed E-state index contributed by atoms with van der Waals surface area (Å²) < 4.78 is 5.53. The van der Waals surface area contributed by atoms with Gasteiger partial charge in [0.05, 0.1) is 10.0 Å². The van der Waals surface area contributed by atoms with Crippen molar-refractivity contribution in [1.29, 1.82) is 0 Å². The van der Waals surface area contributed by atoms with Crippen LogP contribution < -0.4 is 0 Å². The van der Waals surface area contributed by atoms with Crippen LogP contribution in [0.4, 0.5) is 0 Å². The summed E-state index contributed by atoms with van der Waals surface area (Å²) in [4.78, 5) is 16.4. The number of carbonyl (C=O) groups is 1. The molecule has 7 heteroatoms. The zero-order chi connectivity index (χ0) is 15.7. The van der Waals surface area contributed by atoms with Crippen molar-refractivity contribution in [3.05, 3.63) is 63.6 Å². The van der Waals surface area contributed by atoms with Crippen LogP contribution in [0.5, 0.6) is 0 Å². The van der Waals surface area contributed by atoms with Gasteiger partial charge in [0.2, 0.25) is 0 Å². The fourth-order valence-corrected chi connectivity index (χ4v) is 3.52. The highest BCUT2D eigenvalue weighted by Gasteiger charge is 2.25. The Morgan fingerprint density at radius 1 is 1.27 bits per heavy atom. The molecule has 2 aromatic heterocycles. The molecule has 1 unspecified atom stereocenters. The van der Waals surface area contributed by atoms with Crippen LogP contribution in [0.2, 0.25) is 9.36 Å². The van der Waals surface area contributed by atoms with Gasteiger partial charge in [-0.3, -0.25) is 4.79 Å². The maximum atomic E-state index is 11.6. The fraction of sp³-hybridized carbons (Fsp3) is 0.0667. The normalized spacial score (nSPS) is 12.3. The molecule has 0 radical (unpaired) electrons. The molecule has 0 spiro atoms. The minimum atomic E-state index is -1.01. The van der Waals surface area contributed by atoms with Crippen LogP contribution >= 0.6 is 34.5 Å². The summed E-state index contributed by atoms with van der Waals surface area (Å²) in [5.41, 5.74) is 1.65. The predicted molar refractivity (Wildman–Crippen MR) is 85.8 cm³/mol. The monoisotopic (exact) mass is 353 g/mol. The zero-order valence-corrected chi connectivity index (χ0v) is 13.3. The summed E-state index contributed by atoms with van der Waals surface area (Å²) in [7, 11) is 0. The molecule has 0 saturated heterocycles. The zero-order valence-electron chi connectivity index (χ0n) is 11.0. The minimum Gasteiger partial charge on any atom is -0.480 e. The van der Waals surface area contributed by atoms with Gasteiger partial charge in [-0.15, -0.1) is 11.3 Å². The van der Waals surface area contributed by atoms with Crippen molar-refractivity contribution in [2.24, 2.45) is 0 Å². The Hall–Kier alpha value is -1.82. The average Bonchev–Trinajstić information content (AvgIpc) is 3.12. The van der Waals surface area contributed by atoms with Gasteiger partial charge < -0.3 is 9.52 Å². The molecule has 3 aromatic rings. The SMILES string of the molecule is O=C(O)C(c1ccc(Cl)c(-c2ccc(Cl)s2)c1)c1cocn1. The molecule has 0 bridgehead atoms. The van der Waals surface area contributed by atoms with Crippen molar-refractivity contribution in [2.45, 2.75) is 5.92 Å². The van der Waals surface area contributed by atoms with Crippen LogP contribution in [0.15, 0.2) is 47.4 Å². The molecule has 0 saturated carbocycles. The molecule has 1 N–H and O–H groups in total. The molecule has 0 fully saturated rings. The Morgan fingerprint density at radius 2 is 2.09 bits per heavy atom. The third-order valence-corrected chi connectivity index (χ3v) is 4.75. The number of aliphatic carboxylic acids is 1. The molecule has 0 aliphatic carbocycles. The molecule has 0 aliphatic heterocycles. The van der Waals surface area contributed by atoms with E-state index in [1.165, 1.54) is 24.0 Å². The number of thiophene rings is 1. The van der Waals surface area contributed by atoms with E-state index >= 15 is 0 Å². The topological polar surface area (TPSA) is 63.3 Å². The van der Waals surface area contributed by atoms with Gasteiger partial charge >= 0.3 is 5.97 Å². The molecule has 0 amide bonds. The highest BCUT2D eigenvalue weighted by atomic mass is 35.5. The van der Waals surface area contributed by atoms with Gasteiger partial charge in [-0.05, 0) is 29.8 Å². The van der Waals surface area contributed by atoms with Crippen LogP contribution in [-0.4, -0.2) is 16.1 Å². The average molecular weight is 354 g/mol. The second kappa shape index (κ2) is 6.12. The first-order valence-corrected chi connectivity index (χ1v) is 7.79. The maximum absolute atomic E-state index is 11.6. The van der Waals surface area contributed by atoms with Crippen molar-refractivity contribution in [1.82, 2.24) is 4.98 Å². The summed E-state index contributed by atoms with van der Waals surface area (Å²) in [6.07, 6.45) is 2.54. The van der Waals surface area contributed by atoms with Gasteiger partial charge in [0.15, 0.2) is 6.39 Å². The first kappa shape index (κ1) is 15.1.